The summed E-state index contributed by atoms with van der Waals surface area (Å²) in [6.45, 7) is 3.81. The number of carbonyl (C=O) groups excluding carboxylic acids is 2. The number of aryl methyl sites for hydroxylation is 1. The van der Waals surface area contributed by atoms with Gasteiger partial charge in [-0.3, -0.25) is 9.59 Å². The van der Waals surface area contributed by atoms with Crippen LogP contribution in [0.2, 0.25) is 0 Å². The summed E-state index contributed by atoms with van der Waals surface area (Å²) in [5.41, 5.74) is 4.06. The Kier molecular flexibility index (Phi) is 6.72. The molecule has 7 heteroatoms. The van der Waals surface area contributed by atoms with Crippen molar-refractivity contribution in [1.82, 2.24) is 0 Å². The van der Waals surface area contributed by atoms with E-state index in [1.165, 1.54) is 18.9 Å². The summed E-state index contributed by atoms with van der Waals surface area (Å²) in [6, 6.07) is 15.2. The maximum Gasteiger partial charge on any atom is 0.311 e. The van der Waals surface area contributed by atoms with Crippen LogP contribution < -0.4 is 10.6 Å². The van der Waals surface area contributed by atoms with Gasteiger partial charge in [-0.15, -0.1) is 0 Å². The number of rotatable bonds is 5. The lowest BCUT2D eigenvalue weighted by Gasteiger charge is -2.12. The molecule has 2 aromatic rings. The van der Waals surface area contributed by atoms with Gasteiger partial charge >= 0.3 is 5.97 Å². The van der Waals surface area contributed by atoms with E-state index in [1.54, 1.807) is 6.08 Å². The average Bonchev–Trinajstić information content (AvgIpc) is 2.86. The molecule has 3 rings (SSSR count). The minimum absolute atomic E-state index is 0.0916. The van der Waals surface area contributed by atoms with E-state index in [-0.39, 0.29) is 23.5 Å². The van der Waals surface area contributed by atoms with Crippen molar-refractivity contribution in [1.29, 1.82) is 0 Å². The second-order valence-electron chi connectivity index (χ2n) is 6.63. The normalized spacial score (nSPS) is 13.8. The van der Waals surface area contributed by atoms with Crippen molar-refractivity contribution in [3.63, 3.8) is 0 Å². The molecule has 1 heterocycles. The van der Waals surface area contributed by atoms with Gasteiger partial charge in [-0.1, -0.05) is 36.0 Å². The fourth-order valence-electron chi connectivity index (χ4n) is 2.77. The highest BCUT2D eigenvalue weighted by molar-refractivity contribution is 8.15. The van der Waals surface area contributed by atoms with Crippen LogP contribution in [0, 0.1) is 6.92 Å². The monoisotopic (exact) mass is 409 g/mol. The lowest BCUT2D eigenvalue weighted by atomic mass is 10.2. The number of methoxy groups -OCH3 is 1. The van der Waals surface area contributed by atoms with E-state index in [0.29, 0.717) is 10.7 Å². The van der Waals surface area contributed by atoms with Crippen LogP contribution in [0.1, 0.15) is 18.9 Å². The number of esters is 1. The van der Waals surface area contributed by atoms with Gasteiger partial charge in [0.2, 0.25) is 5.91 Å². The van der Waals surface area contributed by atoms with E-state index in [1.807, 2.05) is 62.4 Å². The predicted octanol–water partition coefficient (Wildman–Crippen LogP) is 4.66. The average molecular weight is 410 g/mol. The molecule has 0 saturated carbocycles. The van der Waals surface area contributed by atoms with Crippen LogP contribution in [0.25, 0.3) is 0 Å². The zero-order chi connectivity index (χ0) is 20.8. The summed E-state index contributed by atoms with van der Waals surface area (Å²) < 4.78 is 4.78. The number of amides is 1. The molecular weight excluding hydrogens is 386 g/mol. The van der Waals surface area contributed by atoms with Crippen LogP contribution in [0.3, 0.4) is 0 Å². The van der Waals surface area contributed by atoms with E-state index >= 15 is 0 Å². The SMILES string of the molecule is COC(=O)CC1=CC(S[C@H](C)C(=O)Nc2cccc(C)c2)=Nc2ccccc2N1. The van der Waals surface area contributed by atoms with Gasteiger partial charge in [0.05, 0.1) is 35.2 Å². The molecule has 1 aliphatic rings. The van der Waals surface area contributed by atoms with Gasteiger partial charge in [0.1, 0.15) is 0 Å². The lowest BCUT2D eigenvalue weighted by molar-refractivity contribution is -0.139. The minimum atomic E-state index is -0.379. The molecule has 0 unspecified atom stereocenters. The van der Waals surface area contributed by atoms with Crippen LogP contribution in [0.15, 0.2) is 65.3 Å². The van der Waals surface area contributed by atoms with Crippen molar-refractivity contribution >= 4 is 45.7 Å². The third-order valence-corrected chi connectivity index (χ3v) is 5.26. The number of thioether (sulfide) groups is 1. The third kappa shape index (κ3) is 5.71. The summed E-state index contributed by atoms with van der Waals surface area (Å²) in [6.07, 6.45) is 1.88. The molecule has 0 aromatic heterocycles. The Morgan fingerprint density at radius 2 is 2.00 bits per heavy atom. The lowest BCUT2D eigenvalue weighted by Crippen LogP contribution is -2.23. The number of aliphatic imine (C=N–C) groups is 1. The first-order valence-electron chi connectivity index (χ1n) is 9.21. The molecule has 0 bridgehead atoms. The van der Waals surface area contributed by atoms with Crippen molar-refractivity contribution in [3.8, 4) is 0 Å². The highest BCUT2D eigenvalue weighted by Gasteiger charge is 2.19. The predicted molar refractivity (Wildman–Crippen MR) is 119 cm³/mol. The Morgan fingerprint density at radius 1 is 1.21 bits per heavy atom. The van der Waals surface area contributed by atoms with Crippen LogP contribution >= 0.6 is 11.8 Å². The molecule has 29 heavy (non-hydrogen) atoms. The summed E-state index contributed by atoms with van der Waals surface area (Å²) in [5, 5.41) is 6.44. The molecule has 150 valence electrons. The van der Waals surface area contributed by atoms with E-state index in [0.717, 1.165) is 22.6 Å². The number of para-hydroxylation sites is 2. The van der Waals surface area contributed by atoms with Crippen molar-refractivity contribution in [2.45, 2.75) is 25.5 Å². The molecule has 0 radical (unpaired) electrons. The molecule has 1 aliphatic heterocycles. The maximum atomic E-state index is 12.6. The standard InChI is InChI=1S/C22H23N3O3S/c1-14-7-6-8-16(11-14)24-22(27)15(2)29-20-12-17(13-21(26)28-3)23-18-9-4-5-10-19(18)25-20/h4-12,15,23H,13H2,1-3H3,(H,24,27)/t15-/m1/s1. The maximum absolute atomic E-state index is 12.6. The summed E-state index contributed by atoms with van der Waals surface area (Å²) in [5.74, 6) is -0.463. The molecule has 0 aliphatic carbocycles. The fraction of sp³-hybridized carbons (Fsp3) is 0.227. The van der Waals surface area contributed by atoms with E-state index in [2.05, 4.69) is 15.6 Å². The Hall–Kier alpha value is -3.06. The first kappa shape index (κ1) is 20.7. The number of nitrogens with one attached hydrogen (secondary N) is 2. The largest absolute Gasteiger partial charge is 0.469 e. The quantitative estimate of drug-likeness (QED) is 0.702. The minimum Gasteiger partial charge on any atom is -0.469 e. The molecule has 2 N–H and O–H groups in total. The summed E-state index contributed by atoms with van der Waals surface area (Å²) >= 11 is 1.34. The number of anilines is 2. The highest BCUT2D eigenvalue weighted by atomic mass is 32.2. The molecule has 2 aromatic carbocycles. The molecule has 6 nitrogen and oxygen atoms in total. The Labute approximate surface area is 174 Å². The number of fused-ring (bicyclic) bond motifs is 1. The summed E-state index contributed by atoms with van der Waals surface area (Å²) in [7, 11) is 1.36. The Balaban J connectivity index is 1.78. The molecule has 0 fully saturated rings. The van der Waals surface area contributed by atoms with E-state index in [4.69, 9.17) is 4.74 Å². The van der Waals surface area contributed by atoms with Crippen molar-refractivity contribution < 1.29 is 14.3 Å². The van der Waals surface area contributed by atoms with Crippen LogP contribution in [0.5, 0.6) is 0 Å². The highest BCUT2D eigenvalue weighted by Crippen LogP contribution is 2.32. The van der Waals surface area contributed by atoms with Gasteiger partial charge in [-0.2, -0.15) is 0 Å². The van der Waals surface area contributed by atoms with Gasteiger partial charge in [-0.05, 0) is 49.8 Å². The van der Waals surface area contributed by atoms with Gasteiger partial charge in [0.15, 0.2) is 0 Å². The first-order valence-corrected chi connectivity index (χ1v) is 10.1. The second kappa shape index (κ2) is 9.43. The van der Waals surface area contributed by atoms with Crippen LogP contribution in [-0.4, -0.2) is 29.3 Å². The molecule has 0 saturated heterocycles. The number of nitrogens with zero attached hydrogens (tertiary/aromatic N) is 1. The number of hydrogen-bond donors (Lipinski definition) is 2. The van der Waals surface area contributed by atoms with Crippen molar-refractivity contribution in [2.75, 3.05) is 17.7 Å². The Bertz CT molecular complexity index is 985. The van der Waals surface area contributed by atoms with Crippen molar-refractivity contribution in [2.24, 2.45) is 4.99 Å². The zero-order valence-electron chi connectivity index (χ0n) is 16.6. The second-order valence-corrected chi connectivity index (χ2v) is 7.99. The zero-order valence-corrected chi connectivity index (χ0v) is 17.4. The Morgan fingerprint density at radius 3 is 2.76 bits per heavy atom. The number of carbonyl (C=O) groups is 2. The van der Waals surface area contributed by atoms with Crippen LogP contribution in [-0.2, 0) is 14.3 Å². The molecule has 0 spiro atoms. The molecular formula is C22H23N3O3S. The summed E-state index contributed by atoms with van der Waals surface area (Å²) in [4.78, 5) is 29.1. The number of hydrogen-bond acceptors (Lipinski definition) is 6. The third-order valence-electron chi connectivity index (χ3n) is 4.24. The molecule has 1 atom stereocenters. The van der Waals surface area contributed by atoms with Crippen LogP contribution in [0.4, 0.5) is 17.1 Å². The van der Waals surface area contributed by atoms with Crippen molar-refractivity contribution in [3.05, 3.63) is 65.9 Å². The molecule has 1 amide bonds. The van der Waals surface area contributed by atoms with Gasteiger partial charge in [0, 0.05) is 11.4 Å². The topological polar surface area (TPSA) is 79.8 Å². The smallest absolute Gasteiger partial charge is 0.311 e. The van der Waals surface area contributed by atoms with Gasteiger partial charge in [0.25, 0.3) is 0 Å². The van der Waals surface area contributed by atoms with Gasteiger partial charge < -0.3 is 15.4 Å². The number of ether oxygens (including phenoxy) is 1. The first-order chi connectivity index (χ1) is 13.9. The van der Waals surface area contributed by atoms with E-state index < -0.39 is 0 Å². The fourth-order valence-corrected chi connectivity index (χ4v) is 3.66. The van der Waals surface area contributed by atoms with E-state index in [9.17, 15) is 9.59 Å². The van der Waals surface area contributed by atoms with Gasteiger partial charge in [-0.25, -0.2) is 4.99 Å². The number of benzene rings is 2.